The second-order valence-corrected chi connectivity index (χ2v) is 11.4. The molecule has 2 aromatic rings. The van der Waals surface area contributed by atoms with Crippen molar-refractivity contribution in [2.75, 3.05) is 32.7 Å². The molecule has 1 N–H and O–H groups in total. The molecule has 3 atom stereocenters. The predicted octanol–water partition coefficient (Wildman–Crippen LogP) is 6.88. The second-order valence-electron chi connectivity index (χ2n) is 11.4. The lowest BCUT2D eigenvalue weighted by Crippen LogP contribution is -2.64. The molecule has 2 heterocycles. The van der Waals surface area contributed by atoms with Gasteiger partial charge in [-0.15, -0.1) is 0 Å². The lowest BCUT2D eigenvalue weighted by atomic mass is 9.55. The molecule has 3 aliphatic rings. The summed E-state index contributed by atoms with van der Waals surface area (Å²) in [5, 5.41) is 9.93. The minimum absolute atomic E-state index is 0.267. The van der Waals surface area contributed by atoms with Gasteiger partial charge >= 0.3 is 0 Å². The Labute approximate surface area is 207 Å². The van der Waals surface area contributed by atoms with Gasteiger partial charge in [-0.05, 0) is 66.3 Å². The van der Waals surface area contributed by atoms with Gasteiger partial charge in [0.2, 0.25) is 0 Å². The van der Waals surface area contributed by atoms with Crippen molar-refractivity contribution < 1.29 is 5.11 Å². The third-order valence-corrected chi connectivity index (χ3v) is 9.29. The summed E-state index contributed by atoms with van der Waals surface area (Å²) in [6.07, 6.45) is 12.7. The van der Waals surface area contributed by atoms with E-state index >= 15 is 0 Å². The predicted molar refractivity (Wildman–Crippen MR) is 141 cm³/mol. The Morgan fingerprint density at radius 1 is 0.794 bits per heavy atom. The molecular formula is C31H44N2O. The summed E-state index contributed by atoms with van der Waals surface area (Å²) in [6.45, 7) is 8.57. The van der Waals surface area contributed by atoms with Crippen molar-refractivity contribution in [3.05, 3.63) is 65.7 Å². The zero-order valence-corrected chi connectivity index (χ0v) is 21.2. The van der Waals surface area contributed by atoms with Gasteiger partial charge in [-0.2, -0.15) is 0 Å². The lowest BCUT2D eigenvalue weighted by Gasteiger charge is -2.61. The van der Waals surface area contributed by atoms with Gasteiger partial charge < -0.3 is 10.0 Å². The van der Waals surface area contributed by atoms with Crippen LogP contribution in [0.4, 0.5) is 0 Å². The zero-order chi connectivity index (χ0) is 23.4. The lowest BCUT2D eigenvalue weighted by molar-refractivity contribution is -0.117. The molecule has 2 bridgehead atoms. The number of likely N-dealkylation sites (tertiary alicyclic amines) is 2. The molecule has 184 valence electrons. The summed E-state index contributed by atoms with van der Waals surface area (Å²) >= 11 is 0. The van der Waals surface area contributed by atoms with Gasteiger partial charge in [-0.3, -0.25) is 4.90 Å². The summed E-state index contributed by atoms with van der Waals surface area (Å²) in [7, 11) is 0. The summed E-state index contributed by atoms with van der Waals surface area (Å²) in [5.74, 6) is 1.90. The molecule has 34 heavy (non-hydrogen) atoms. The highest BCUT2D eigenvalue weighted by molar-refractivity contribution is 5.35. The van der Waals surface area contributed by atoms with Gasteiger partial charge in [-0.25, -0.2) is 0 Å². The molecule has 0 amide bonds. The molecule has 3 nitrogen and oxygen atoms in total. The van der Waals surface area contributed by atoms with Gasteiger partial charge in [0, 0.05) is 26.2 Å². The van der Waals surface area contributed by atoms with Gasteiger partial charge in [0.25, 0.3) is 0 Å². The number of benzene rings is 2. The first-order valence-corrected chi connectivity index (χ1v) is 14.0. The normalized spacial score (nSPS) is 25.9. The van der Waals surface area contributed by atoms with Crippen molar-refractivity contribution in [2.45, 2.75) is 70.8 Å². The van der Waals surface area contributed by atoms with Crippen LogP contribution in [-0.4, -0.2) is 47.6 Å². The van der Waals surface area contributed by atoms with E-state index in [4.69, 9.17) is 0 Å². The Morgan fingerprint density at radius 3 is 2.09 bits per heavy atom. The van der Waals surface area contributed by atoms with Gasteiger partial charge in [0.1, 0.15) is 5.75 Å². The number of rotatable bonds is 8. The van der Waals surface area contributed by atoms with E-state index in [1.807, 2.05) is 12.1 Å². The van der Waals surface area contributed by atoms with Gasteiger partial charge in [0.15, 0.2) is 0 Å². The molecule has 2 aliphatic heterocycles. The van der Waals surface area contributed by atoms with E-state index in [0.717, 1.165) is 11.8 Å². The van der Waals surface area contributed by atoms with Crippen molar-refractivity contribution in [2.24, 2.45) is 17.3 Å². The summed E-state index contributed by atoms with van der Waals surface area (Å²) in [4.78, 5) is 5.63. The van der Waals surface area contributed by atoms with Gasteiger partial charge in [0.05, 0.1) is 6.04 Å². The fourth-order valence-electron chi connectivity index (χ4n) is 7.60. The average molecular weight is 461 g/mol. The van der Waals surface area contributed by atoms with Crippen LogP contribution >= 0.6 is 0 Å². The second kappa shape index (κ2) is 10.8. The molecule has 0 aromatic heterocycles. The molecule has 3 fully saturated rings. The van der Waals surface area contributed by atoms with E-state index in [9.17, 15) is 5.11 Å². The Bertz CT molecular complexity index is 871. The highest BCUT2D eigenvalue weighted by atomic mass is 16.3. The van der Waals surface area contributed by atoms with Crippen molar-refractivity contribution in [3.8, 4) is 5.75 Å². The van der Waals surface area contributed by atoms with Crippen molar-refractivity contribution in [1.29, 1.82) is 0 Å². The maximum atomic E-state index is 9.93. The van der Waals surface area contributed by atoms with Crippen LogP contribution in [0, 0.1) is 17.3 Å². The van der Waals surface area contributed by atoms with E-state index in [-0.39, 0.29) is 6.04 Å². The number of piperidine rings is 2. The number of hydrogen-bond acceptors (Lipinski definition) is 3. The smallest absolute Gasteiger partial charge is 0.115 e. The fraction of sp³-hybridized carbons (Fsp3) is 0.613. The maximum absolute atomic E-state index is 9.93. The van der Waals surface area contributed by atoms with Crippen LogP contribution < -0.4 is 0 Å². The highest BCUT2D eigenvalue weighted by Crippen LogP contribution is 2.55. The molecule has 2 aromatic carbocycles. The number of phenols is 1. The van der Waals surface area contributed by atoms with Crippen LogP contribution in [0.25, 0.3) is 0 Å². The van der Waals surface area contributed by atoms with Crippen LogP contribution in [0.15, 0.2) is 54.6 Å². The van der Waals surface area contributed by atoms with Crippen LogP contribution in [0.5, 0.6) is 5.75 Å². The zero-order valence-electron chi connectivity index (χ0n) is 21.2. The summed E-state index contributed by atoms with van der Waals surface area (Å²) < 4.78 is 0. The third kappa shape index (κ3) is 4.93. The van der Waals surface area contributed by atoms with Crippen LogP contribution in [0.2, 0.25) is 0 Å². The van der Waals surface area contributed by atoms with Crippen LogP contribution in [0.3, 0.4) is 0 Å². The number of unbranched alkanes of at least 4 members (excludes halogenated alkanes) is 3. The first kappa shape index (κ1) is 23.9. The van der Waals surface area contributed by atoms with E-state index in [0.29, 0.717) is 11.2 Å². The van der Waals surface area contributed by atoms with E-state index in [2.05, 4.69) is 59.2 Å². The number of hydrogen-bond donors (Lipinski definition) is 1. The summed E-state index contributed by atoms with van der Waals surface area (Å²) in [6, 6.07) is 19.3. The van der Waals surface area contributed by atoms with Crippen LogP contribution in [0.1, 0.15) is 81.9 Å². The molecule has 3 heteroatoms. The average Bonchev–Trinajstić information content (AvgIpc) is 2.85. The van der Waals surface area contributed by atoms with Crippen molar-refractivity contribution in [1.82, 2.24) is 9.80 Å². The first-order valence-electron chi connectivity index (χ1n) is 14.0. The van der Waals surface area contributed by atoms with Crippen LogP contribution in [-0.2, 0) is 0 Å². The minimum Gasteiger partial charge on any atom is -0.508 e. The fourth-order valence-corrected chi connectivity index (χ4v) is 7.60. The van der Waals surface area contributed by atoms with E-state index in [1.165, 1.54) is 102 Å². The topological polar surface area (TPSA) is 26.7 Å². The quantitative estimate of drug-likeness (QED) is 0.435. The Morgan fingerprint density at radius 2 is 1.44 bits per heavy atom. The standard InChI is InChI=1S/C31H44N2O/c1-2-3-4-11-20-32-21-27-23-33(24-28(22-32)31(27)18-9-6-10-19-31)30(25-12-7-5-8-13-25)26-14-16-29(34)17-15-26/h5,7-8,12-17,27-28,30,34H,2-4,6,9-11,18-24H2,1H3. The number of aromatic hydroxyl groups is 1. The van der Waals surface area contributed by atoms with E-state index in [1.54, 1.807) is 0 Å². The monoisotopic (exact) mass is 460 g/mol. The molecule has 1 spiro atoms. The Balaban J connectivity index is 1.41. The largest absolute Gasteiger partial charge is 0.508 e. The molecular weight excluding hydrogens is 416 g/mol. The number of nitrogens with zero attached hydrogens (tertiary/aromatic N) is 2. The van der Waals surface area contributed by atoms with Crippen molar-refractivity contribution in [3.63, 3.8) is 0 Å². The molecule has 1 saturated carbocycles. The number of phenolic OH excluding ortho intramolecular Hbond substituents is 1. The minimum atomic E-state index is 0.267. The molecule has 0 radical (unpaired) electrons. The molecule has 5 rings (SSSR count). The maximum Gasteiger partial charge on any atom is 0.115 e. The molecule has 1 aliphatic carbocycles. The SMILES string of the molecule is CCCCCCN1CC2CN(C(c3ccccc3)c3ccc(O)cc3)CC(C1)C21CCCCC1. The summed E-state index contributed by atoms with van der Waals surface area (Å²) in [5.41, 5.74) is 3.26. The van der Waals surface area contributed by atoms with Gasteiger partial charge in [-0.1, -0.05) is 87.9 Å². The molecule has 2 saturated heterocycles. The third-order valence-electron chi connectivity index (χ3n) is 9.29. The Kier molecular flexibility index (Phi) is 7.61. The molecule has 3 unspecified atom stereocenters. The Hall–Kier alpha value is -1.84. The highest BCUT2D eigenvalue weighted by Gasteiger charge is 2.53. The first-order chi connectivity index (χ1) is 16.7. The van der Waals surface area contributed by atoms with Crippen molar-refractivity contribution >= 4 is 0 Å². The van der Waals surface area contributed by atoms with E-state index < -0.39 is 0 Å².